The predicted molar refractivity (Wildman–Crippen MR) is 77.4 cm³/mol. The number of carbonyl (C=O) groups excluding carboxylic acids is 2. The largest absolute Gasteiger partial charge is 0.354 e. The Labute approximate surface area is 122 Å². The van der Waals surface area contributed by atoms with E-state index in [1.54, 1.807) is 6.20 Å². The van der Waals surface area contributed by atoms with Crippen molar-refractivity contribution in [3.63, 3.8) is 0 Å². The van der Waals surface area contributed by atoms with E-state index in [0.717, 1.165) is 24.5 Å². The lowest BCUT2D eigenvalue weighted by Crippen LogP contribution is -2.46. The number of amides is 2. The number of hydrogen-bond acceptors (Lipinski definition) is 4. The van der Waals surface area contributed by atoms with E-state index in [9.17, 15) is 9.59 Å². The molecule has 1 fully saturated rings. The number of nitrogens with one attached hydrogen (secondary N) is 2. The number of nitrogens with zero attached hydrogens (tertiary/aromatic N) is 2. The van der Waals surface area contributed by atoms with Gasteiger partial charge in [-0.2, -0.15) is 0 Å². The van der Waals surface area contributed by atoms with Gasteiger partial charge in [0.1, 0.15) is 6.04 Å². The minimum absolute atomic E-state index is 0.0732. The van der Waals surface area contributed by atoms with Crippen molar-refractivity contribution in [1.29, 1.82) is 0 Å². The normalized spacial score (nSPS) is 19.2. The van der Waals surface area contributed by atoms with E-state index in [2.05, 4.69) is 15.6 Å². The van der Waals surface area contributed by atoms with Crippen LogP contribution in [0.15, 0.2) is 17.6 Å². The Balaban J connectivity index is 1.81. The van der Waals surface area contributed by atoms with Gasteiger partial charge < -0.3 is 15.2 Å². The number of carbonyl (C=O) groups is 2. The molecule has 0 aliphatic carbocycles. The highest BCUT2D eigenvalue weighted by atomic mass is 32.2. The first-order valence-corrected chi connectivity index (χ1v) is 7.90. The Kier molecular flexibility index (Phi) is 5.46. The molecule has 1 saturated heterocycles. The molecule has 1 aliphatic rings. The van der Waals surface area contributed by atoms with Crippen LogP contribution < -0.4 is 10.6 Å². The minimum atomic E-state index is -0.392. The third kappa shape index (κ3) is 4.00. The average molecular weight is 296 g/mol. The Bertz CT molecular complexity index is 475. The SMILES string of the molecule is CCn1ccnc1SCC(=O)NC1CCCCNC1=O. The molecule has 6 nitrogen and oxygen atoms in total. The maximum Gasteiger partial charge on any atom is 0.242 e. The first kappa shape index (κ1) is 14.9. The number of rotatable bonds is 5. The molecule has 1 unspecified atom stereocenters. The predicted octanol–water partition coefficient (Wildman–Crippen LogP) is 0.780. The van der Waals surface area contributed by atoms with Crippen LogP contribution in [-0.4, -0.2) is 39.7 Å². The maximum absolute atomic E-state index is 11.9. The molecular weight excluding hydrogens is 276 g/mol. The number of imidazole rings is 1. The van der Waals surface area contributed by atoms with Crippen molar-refractivity contribution in [2.24, 2.45) is 0 Å². The zero-order valence-corrected chi connectivity index (χ0v) is 12.4. The lowest BCUT2D eigenvalue weighted by Gasteiger charge is -2.14. The zero-order valence-electron chi connectivity index (χ0n) is 11.6. The molecule has 110 valence electrons. The van der Waals surface area contributed by atoms with Crippen LogP contribution in [0.25, 0.3) is 0 Å². The van der Waals surface area contributed by atoms with Crippen LogP contribution in [0.1, 0.15) is 26.2 Å². The Morgan fingerprint density at radius 3 is 3.25 bits per heavy atom. The molecule has 0 spiro atoms. The van der Waals surface area contributed by atoms with Crippen molar-refractivity contribution in [1.82, 2.24) is 20.2 Å². The smallest absolute Gasteiger partial charge is 0.242 e. The molecule has 2 amide bonds. The third-order valence-electron chi connectivity index (χ3n) is 3.22. The molecule has 0 saturated carbocycles. The van der Waals surface area contributed by atoms with E-state index in [-0.39, 0.29) is 17.6 Å². The first-order chi connectivity index (χ1) is 9.70. The van der Waals surface area contributed by atoms with Gasteiger partial charge in [-0.1, -0.05) is 11.8 Å². The molecule has 1 atom stereocenters. The lowest BCUT2D eigenvalue weighted by atomic mass is 10.1. The average Bonchev–Trinajstić information content (AvgIpc) is 2.81. The summed E-state index contributed by atoms with van der Waals surface area (Å²) in [6.45, 7) is 3.56. The number of thioether (sulfide) groups is 1. The quantitative estimate of drug-likeness (QED) is 0.787. The highest BCUT2D eigenvalue weighted by molar-refractivity contribution is 7.99. The van der Waals surface area contributed by atoms with Crippen molar-refractivity contribution < 1.29 is 9.59 Å². The lowest BCUT2D eigenvalue weighted by molar-refractivity contribution is -0.127. The molecule has 7 heteroatoms. The van der Waals surface area contributed by atoms with Crippen LogP contribution in [0.3, 0.4) is 0 Å². The van der Waals surface area contributed by atoms with Gasteiger partial charge in [-0.05, 0) is 26.2 Å². The van der Waals surface area contributed by atoms with Crippen molar-refractivity contribution in [2.45, 2.75) is 43.9 Å². The summed E-state index contributed by atoms with van der Waals surface area (Å²) in [5, 5.41) is 6.44. The van der Waals surface area contributed by atoms with Crippen LogP contribution >= 0.6 is 11.8 Å². The van der Waals surface area contributed by atoms with E-state index in [1.165, 1.54) is 11.8 Å². The van der Waals surface area contributed by atoms with E-state index >= 15 is 0 Å². The fraction of sp³-hybridized carbons (Fsp3) is 0.615. The van der Waals surface area contributed by atoms with Gasteiger partial charge in [-0.25, -0.2) is 4.98 Å². The van der Waals surface area contributed by atoms with Crippen LogP contribution in [0, 0.1) is 0 Å². The van der Waals surface area contributed by atoms with Crippen molar-refractivity contribution in [3.8, 4) is 0 Å². The second-order valence-electron chi connectivity index (χ2n) is 4.69. The first-order valence-electron chi connectivity index (χ1n) is 6.91. The van der Waals surface area contributed by atoms with Crippen LogP contribution in [0.2, 0.25) is 0 Å². The zero-order chi connectivity index (χ0) is 14.4. The van der Waals surface area contributed by atoms with Crippen molar-refractivity contribution >= 4 is 23.6 Å². The van der Waals surface area contributed by atoms with Gasteiger partial charge in [0.25, 0.3) is 0 Å². The summed E-state index contributed by atoms with van der Waals surface area (Å²) in [6.07, 6.45) is 6.26. The monoisotopic (exact) mass is 296 g/mol. The minimum Gasteiger partial charge on any atom is -0.354 e. The molecule has 1 aromatic heterocycles. The summed E-state index contributed by atoms with van der Waals surface area (Å²) in [7, 11) is 0. The molecule has 2 N–H and O–H groups in total. The molecule has 0 bridgehead atoms. The van der Waals surface area contributed by atoms with Gasteiger partial charge in [0.15, 0.2) is 5.16 Å². The van der Waals surface area contributed by atoms with Crippen molar-refractivity contribution in [2.75, 3.05) is 12.3 Å². The van der Waals surface area contributed by atoms with Gasteiger partial charge in [0.05, 0.1) is 5.75 Å². The van der Waals surface area contributed by atoms with Crippen LogP contribution in [0.5, 0.6) is 0 Å². The van der Waals surface area contributed by atoms with E-state index in [1.807, 2.05) is 17.7 Å². The second kappa shape index (κ2) is 7.33. The topological polar surface area (TPSA) is 76.0 Å². The Morgan fingerprint density at radius 2 is 2.45 bits per heavy atom. The van der Waals surface area contributed by atoms with Crippen LogP contribution in [-0.2, 0) is 16.1 Å². The summed E-state index contributed by atoms with van der Waals surface area (Å²) >= 11 is 1.39. The molecule has 2 rings (SSSR count). The standard InChI is InChI=1S/C13H20N4O2S/c1-2-17-8-7-15-13(17)20-9-11(18)16-10-5-3-4-6-14-12(10)19/h7-8,10H,2-6,9H2,1H3,(H,14,19)(H,16,18). The summed E-state index contributed by atoms with van der Waals surface area (Å²) in [5.41, 5.74) is 0. The molecule has 2 heterocycles. The molecule has 1 aliphatic heterocycles. The molecule has 0 radical (unpaired) electrons. The van der Waals surface area contributed by atoms with Gasteiger partial charge in [-0.15, -0.1) is 0 Å². The van der Waals surface area contributed by atoms with Crippen LogP contribution in [0.4, 0.5) is 0 Å². The van der Waals surface area contributed by atoms with Gasteiger partial charge >= 0.3 is 0 Å². The molecule has 20 heavy (non-hydrogen) atoms. The van der Waals surface area contributed by atoms with Gasteiger partial charge in [0, 0.05) is 25.5 Å². The van der Waals surface area contributed by atoms with Gasteiger partial charge in [-0.3, -0.25) is 9.59 Å². The highest BCUT2D eigenvalue weighted by Crippen LogP contribution is 2.15. The molecular formula is C13H20N4O2S. The Morgan fingerprint density at radius 1 is 1.60 bits per heavy atom. The number of hydrogen-bond donors (Lipinski definition) is 2. The van der Waals surface area contributed by atoms with E-state index in [4.69, 9.17) is 0 Å². The fourth-order valence-electron chi connectivity index (χ4n) is 2.12. The summed E-state index contributed by atoms with van der Waals surface area (Å²) in [6, 6.07) is -0.392. The molecule has 1 aromatic rings. The second-order valence-corrected chi connectivity index (χ2v) is 5.63. The number of aromatic nitrogens is 2. The molecule has 0 aromatic carbocycles. The number of aryl methyl sites for hydroxylation is 1. The summed E-state index contributed by atoms with van der Waals surface area (Å²) in [5.74, 6) is 0.0828. The van der Waals surface area contributed by atoms with Crippen molar-refractivity contribution in [3.05, 3.63) is 12.4 Å². The summed E-state index contributed by atoms with van der Waals surface area (Å²) < 4.78 is 1.98. The highest BCUT2D eigenvalue weighted by Gasteiger charge is 2.22. The van der Waals surface area contributed by atoms with E-state index < -0.39 is 6.04 Å². The van der Waals surface area contributed by atoms with Gasteiger partial charge in [0.2, 0.25) is 11.8 Å². The fourth-order valence-corrected chi connectivity index (χ4v) is 2.95. The third-order valence-corrected chi connectivity index (χ3v) is 4.23. The Hall–Kier alpha value is -1.50. The maximum atomic E-state index is 11.9. The van der Waals surface area contributed by atoms with E-state index in [0.29, 0.717) is 13.0 Å². The summed E-state index contributed by atoms with van der Waals surface area (Å²) in [4.78, 5) is 27.9.